The number of carboxylic acids is 1. The zero-order chi connectivity index (χ0) is 10.3. The molecular formula is C8H9BaCuNO4. The van der Waals surface area contributed by atoms with E-state index < -0.39 is 5.97 Å². The second kappa shape index (κ2) is 12.3. The molecule has 0 spiro atoms. The predicted octanol–water partition coefficient (Wildman–Crippen LogP) is -0.294. The number of carboxylic acid groups (broad SMARTS) is 1. The van der Waals surface area contributed by atoms with Crippen LogP contribution < -0.4 is 5.73 Å². The zero-order valence-corrected chi connectivity index (χ0v) is 13.0. The summed E-state index contributed by atoms with van der Waals surface area (Å²) in [6.07, 6.45) is 0. The number of phenols is 2. The fraction of sp³-hybridized carbons (Fsp3) is 0. The number of hydrogen-bond donors (Lipinski definition) is 4. The van der Waals surface area contributed by atoms with Gasteiger partial charge in [0, 0.05) is 28.6 Å². The van der Waals surface area contributed by atoms with Crippen molar-refractivity contribution in [1.82, 2.24) is 0 Å². The molecule has 0 saturated carbocycles. The minimum absolute atomic E-state index is 0. The smallest absolute Gasteiger partial charge is 0.562 e. The molecule has 5 N–H and O–H groups in total. The van der Waals surface area contributed by atoms with Gasteiger partial charge in [-0.2, -0.15) is 12.1 Å². The molecule has 5 nitrogen and oxygen atoms in total. The molecule has 0 saturated heterocycles. The first kappa shape index (κ1) is 20.6. The van der Waals surface area contributed by atoms with Gasteiger partial charge in [-0.25, -0.2) is 6.54 Å². The van der Waals surface area contributed by atoms with E-state index in [1.165, 1.54) is 18.2 Å². The van der Waals surface area contributed by atoms with E-state index in [-0.39, 0.29) is 77.4 Å². The van der Waals surface area contributed by atoms with Crippen molar-refractivity contribution in [2.75, 3.05) is 0 Å². The average molecular weight is 384 g/mol. The van der Waals surface area contributed by atoms with E-state index in [2.05, 4.69) is 11.8 Å². The van der Waals surface area contributed by atoms with Crippen molar-refractivity contribution in [2.24, 2.45) is 5.73 Å². The Kier molecular flexibility index (Phi) is 16.9. The van der Waals surface area contributed by atoms with E-state index in [4.69, 9.17) is 15.3 Å². The normalized spacial score (nSPS) is 7.00. The first-order chi connectivity index (χ1) is 6.07. The molecular weight excluding hydrogens is 375 g/mol. The molecule has 1 radical (unpaired) electrons. The summed E-state index contributed by atoms with van der Waals surface area (Å²) in [7, 11) is 0. The zero-order valence-electron chi connectivity index (χ0n) is 7.65. The van der Waals surface area contributed by atoms with Gasteiger partial charge in [0.1, 0.15) is 0 Å². The average Bonchev–Trinajstić information content (AvgIpc) is 2.11. The summed E-state index contributed by atoms with van der Waals surface area (Å²) in [5, 5.41) is 24.8. The standard InChI is InChI=1S/C6H5O2.C2H4NO2.Ba.Cu/c7-5-3-1-2-4-6(5)8;3-1-2(4)5;;/h1,3-4,7-8H;1H,3H2,(H,4,5);;/q2*-1;+2;. The van der Waals surface area contributed by atoms with Gasteiger partial charge >= 0.3 is 48.9 Å². The van der Waals surface area contributed by atoms with E-state index >= 15 is 0 Å². The second-order valence-electron chi connectivity index (χ2n) is 1.92. The van der Waals surface area contributed by atoms with Gasteiger partial charge in [-0.1, -0.05) is 0 Å². The molecule has 1 rings (SSSR count). The number of aromatic hydroxyl groups is 2. The summed E-state index contributed by atoms with van der Waals surface area (Å²) in [5.74, 6) is -1.33. The Hall–Kier alpha value is 0.211. The van der Waals surface area contributed by atoms with Crippen molar-refractivity contribution < 1.29 is 37.2 Å². The molecule has 0 fully saturated rings. The van der Waals surface area contributed by atoms with Crippen molar-refractivity contribution >= 4 is 54.9 Å². The molecule has 0 unspecified atom stereocenters. The van der Waals surface area contributed by atoms with Crippen LogP contribution >= 0.6 is 0 Å². The summed E-state index contributed by atoms with van der Waals surface area (Å²) in [4.78, 5) is 9.19. The molecule has 0 aliphatic heterocycles. The Labute approximate surface area is 138 Å². The van der Waals surface area contributed by atoms with E-state index in [9.17, 15) is 4.79 Å². The van der Waals surface area contributed by atoms with Crippen molar-refractivity contribution in [1.29, 1.82) is 0 Å². The van der Waals surface area contributed by atoms with Crippen molar-refractivity contribution in [3.63, 3.8) is 0 Å². The molecule has 1 aromatic rings. The number of carbonyl (C=O) groups is 1. The summed E-state index contributed by atoms with van der Waals surface area (Å²) in [5.41, 5.74) is 4.45. The first-order valence-electron chi connectivity index (χ1n) is 3.23. The van der Waals surface area contributed by atoms with Gasteiger partial charge in [-0.3, -0.25) is 4.79 Å². The molecule has 1 aromatic carbocycles. The first-order valence-corrected chi connectivity index (χ1v) is 3.23. The Morgan fingerprint density at radius 2 is 1.87 bits per heavy atom. The Morgan fingerprint density at radius 3 is 2.07 bits per heavy atom. The quantitative estimate of drug-likeness (QED) is 0.303. The van der Waals surface area contributed by atoms with E-state index in [1.807, 2.05) is 0 Å². The Balaban J connectivity index is -0.000000185. The molecule has 15 heavy (non-hydrogen) atoms. The maximum Gasteiger partial charge on any atom is 2.00 e. The van der Waals surface area contributed by atoms with Gasteiger partial charge in [0.25, 0.3) is 0 Å². The van der Waals surface area contributed by atoms with Gasteiger partial charge < -0.3 is 21.1 Å². The van der Waals surface area contributed by atoms with Gasteiger partial charge in [0.05, 0.1) is 0 Å². The number of nitrogens with two attached hydrogens (primary N) is 1. The van der Waals surface area contributed by atoms with Gasteiger partial charge in [0.15, 0.2) is 5.97 Å². The molecule has 0 aliphatic rings. The second-order valence-corrected chi connectivity index (χ2v) is 1.92. The van der Waals surface area contributed by atoms with Crippen LogP contribution in [0.5, 0.6) is 11.5 Å². The van der Waals surface area contributed by atoms with Crippen LogP contribution in [-0.4, -0.2) is 70.2 Å². The summed E-state index contributed by atoms with van der Waals surface area (Å²) < 4.78 is 0. The number of aliphatic carboxylic acids is 1. The van der Waals surface area contributed by atoms with Crippen LogP contribution in [0.25, 0.3) is 0 Å². The summed E-state index contributed by atoms with van der Waals surface area (Å²) >= 11 is 0. The summed E-state index contributed by atoms with van der Waals surface area (Å²) in [6.45, 7) is 0.583. The minimum Gasteiger partial charge on any atom is -0.562 e. The number of hydrogen-bond acceptors (Lipinski definition) is 4. The van der Waals surface area contributed by atoms with E-state index in [1.54, 1.807) is 0 Å². The van der Waals surface area contributed by atoms with Crippen LogP contribution in [-0.2, 0) is 21.9 Å². The van der Waals surface area contributed by atoms with Crippen LogP contribution in [0.3, 0.4) is 0 Å². The van der Waals surface area contributed by atoms with Crippen LogP contribution in [0, 0.1) is 12.6 Å². The monoisotopic (exact) mass is 384 g/mol. The van der Waals surface area contributed by atoms with Crippen LogP contribution in [0.1, 0.15) is 0 Å². The van der Waals surface area contributed by atoms with E-state index in [0.29, 0.717) is 6.54 Å². The third kappa shape index (κ3) is 12.1. The van der Waals surface area contributed by atoms with Crippen molar-refractivity contribution in [2.45, 2.75) is 0 Å². The largest absolute Gasteiger partial charge is 2.00 e. The number of rotatable bonds is 1. The molecule has 0 aromatic heterocycles. The van der Waals surface area contributed by atoms with Gasteiger partial charge in [-0.05, 0) is 0 Å². The summed E-state index contributed by atoms with van der Waals surface area (Å²) in [6, 6.07) is 6.79. The SMILES string of the molecule is N[CH-]C(=O)O.Oc1c[c-]ccc1O.[Ba+2].[Cu]. The third-order valence-corrected chi connectivity index (χ3v) is 0.962. The minimum atomic E-state index is -1.09. The molecule has 0 atom stereocenters. The van der Waals surface area contributed by atoms with Gasteiger partial charge in [0.2, 0.25) is 0 Å². The molecule has 0 heterocycles. The Morgan fingerprint density at radius 1 is 1.40 bits per heavy atom. The number of phenolic OH excluding ortho intramolecular Hbond substituents is 2. The maximum absolute atomic E-state index is 9.19. The fourth-order valence-corrected chi connectivity index (χ4v) is 0.413. The van der Waals surface area contributed by atoms with E-state index in [0.717, 1.165) is 0 Å². The fourth-order valence-electron chi connectivity index (χ4n) is 0.413. The van der Waals surface area contributed by atoms with Crippen LogP contribution in [0.4, 0.5) is 0 Å². The topological polar surface area (TPSA) is 104 Å². The Bertz CT molecular complexity index is 264. The van der Waals surface area contributed by atoms with Crippen molar-refractivity contribution in [3.8, 4) is 11.5 Å². The molecule has 0 bridgehead atoms. The van der Waals surface area contributed by atoms with Gasteiger partial charge in [-0.15, -0.1) is 12.1 Å². The molecule has 7 heteroatoms. The van der Waals surface area contributed by atoms with Crippen molar-refractivity contribution in [3.05, 3.63) is 30.8 Å². The maximum atomic E-state index is 9.19. The van der Waals surface area contributed by atoms with Crippen LogP contribution in [0.15, 0.2) is 18.2 Å². The van der Waals surface area contributed by atoms with Crippen LogP contribution in [0.2, 0.25) is 0 Å². The predicted molar refractivity (Wildman–Crippen MR) is 50.5 cm³/mol. The molecule has 0 aliphatic carbocycles. The third-order valence-electron chi connectivity index (χ3n) is 0.962. The molecule has 83 valence electrons. The molecule has 0 amide bonds. The number of benzene rings is 1.